The van der Waals surface area contributed by atoms with Crippen molar-refractivity contribution in [3.05, 3.63) is 48.2 Å². The summed E-state index contributed by atoms with van der Waals surface area (Å²) < 4.78 is 18.4. The molecule has 0 aliphatic rings. The predicted molar refractivity (Wildman–Crippen MR) is 70.9 cm³/mol. The Morgan fingerprint density at radius 1 is 1.39 bits per heavy atom. The second-order valence-electron chi connectivity index (χ2n) is 4.39. The van der Waals surface area contributed by atoms with Crippen LogP contribution in [-0.2, 0) is 6.42 Å². The molecule has 0 aliphatic heterocycles. The molecule has 18 heavy (non-hydrogen) atoms. The van der Waals surface area contributed by atoms with Crippen molar-refractivity contribution >= 4 is 11.4 Å². The molecule has 1 heterocycles. The number of nitrogens with one attached hydrogen (secondary N) is 1. The molecule has 0 saturated carbocycles. The maximum Gasteiger partial charge on any atom is 0.125 e. The second kappa shape index (κ2) is 5.58. The SMILES string of the molecule is CC(CCc1ccco1)Nc1cc(F)ccc1N. The Hall–Kier alpha value is -1.97. The fraction of sp³-hybridized carbons (Fsp3) is 0.286. The van der Waals surface area contributed by atoms with Gasteiger partial charge in [0.25, 0.3) is 0 Å². The van der Waals surface area contributed by atoms with Crippen LogP contribution < -0.4 is 11.1 Å². The Balaban J connectivity index is 1.90. The van der Waals surface area contributed by atoms with E-state index in [1.54, 1.807) is 12.3 Å². The maximum atomic E-state index is 13.1. The highest BCUT2D eigenvalue weighted by Gasteiger charge is 2.07. The standard InChI is InChI=1S/C14H17FN2O/c1-10(4-6-12-3-2-8-18-12)17-14-9-11(15)5-7-13(14)16/h2-3,5,7-10,17H,4,6,16H2,1H3. The minimum Gasteiger partial charge on any atom is -0.469 e. The lowest BCUT2D eigenvalue weighted by Crippen LogP contribution is -2.17. The Morgan fingerprint density at radius 2 is 2.22 bits per heavy atom. The van der Waals surface area contributed by atoms with Crippen LogP contribution in [0.5, 0.6) is 0 Å². The molecule has 1 aromatic heterocycles. The summed E-state index contributed by atoms with van der Waals surface area (Å²) >= 11 is 0. The van der Waals surface area contributed by atoms with Crippen molar-refractivity contribution in [3.8, 4) is 0 Å². The van der Waals surface area contributed by atoms with Gasteiger partial charge in [0.2, 0.25) is 0 Å². The van der Waals surface area contributed by atoms with Crippen molar-refractivity contribution in [3.63, 3.8) is 0 Å². The normalized spacial score (nSPS) is 12.3. The van der Waals surface area contributed by atoms with Gasteiger partial charge in [-0.3, -0.25) is 0 Å². The van der Waals surface area contributed by atoms with Crippen LogP contribution in [0.3, 0.4) is 0 Å². The van der Waals surface area contributed by atoms with Gasteiger partial charge in [-0.15, -0.1) is 0 Å². The number of furan rings is 1. The van der Waals surface area contributed by atoms with Gasteiger partial charge in [-0.05, 0) is 43.7 Å². The van der Waals surface area contributed by atoms with Crippen molar-refractivity contribution in [2.75, 3.05) is 11.1 Å². The molecule has 1 aromatic carbocycles. The molecule has 3 N–H and O–H groups in total. The fourth-order valence-corrected chi connectivity index (χ4v) is 1.80. The zero-order valence-corrected chi connectivity index (χ0v) is 10.3. The number of hydrogen-bond donors (Lipinski definition) is 2. The van der Waals surface area contributed by atoms with Gasteiger partial charge < -0.3 is 15.5 Å². The third kappa shape index (κ3) is 3.26. The Morgan fingerprint density at radius 3 is 2.94 bits per heavy atom. The molecule has 2 aromatic rings. The van der Waals surface area contributed by atoms with E-state index in [9.17, 15) is 4.39 Å². The van der Waals surface area contributed by atoms with Gasteiger partial charge in [-0.2, -0.15) is 0 Å². The number of rotatable bonds is 5. The first-order chi connectivity index (χ1) is 8.65. The highest BCUT2D eigenvalue weighted by molar-refractivity contribution is 5.66. The number of benzene rings is 1. The van der Waals surface area contributed by atoms with Crippen LogP contribution in [0.4, 0.5) is 15.8 Å². The number of nitrogen functional groups attached to an aromatic ring is 1. The molecule has 1 atom stereocenters. The van der Waals surface area contributed by atoms with E-state index in [1.807, 2.05) is 19.1 Å². The molecule has 0 radical (unpaired) electrons. The van der Waals surface area contributed by atoms with E-state index in [-0.39, 0.29) is 11.9 Å². The Kier molecular flexibility index (Phi) is 3.87. The predicted octanol–water partition coefficient (Wildman–Crippen LogP) is 3.43. The number of aryl methyl sites for hydroxylation is 1. The largest absolute Gasteiger partial charge is 0.469 e. The summed E-state index contributed by atoms with van der Waals surface area (Å²) in [5.74, 6) is 0.667. The molecule has 4 heteroatoms. The highest BCUT2D eigenvalue weighted by Crippen LogP contribution is 2.21. The highest BCUT2D eigenvalue weighted by atomic mass is 19.1. The molecule has 96 valence electrons. The van der Waals surface area contributed by atoms with Crippen molar-refractivity contribution in [2.24, 2.45) is 0 Å². The van der Waals surface area contributed by atoms with Crippen LogP contribution in [0.15, 0.2) is 41.0 Å². The summed E-state index contributed by atoms with van der Waals surface area (Å²) in [5.41, 5.74) is 6.98. The third-order valence-electron chi connectivity index (χ3n) is 2.82. The summed E-state index contributed by atoms with van der Waals surface area (Å²) in [6.07, 6.45) is 3.40. The second-order valence-corrected chi connectivity index (χ2v) is 4.39. The van der Waals surface area contributed by atoms with Crippen molar-refractivity contribution in [1.29, 1.82) is 0 Å². The maximum absolute atomic E-state index is 13.1. The van der Waals surface area contributed by atoms with E-state index < -0.39 is 0 Å². The number of nitrogens with two attached hydrogens (primary N) is 1. The molecule has 3 nitrogen and oxygen atoms in total. The summed E-state index contributed by atoms with van der Waals surface area (Å²) in [4.78, 5) is 0. The number of hydrogen-bond acceptors (Lipinski definition) is 3. The minimum atomic E-state index is -0.287. The molecule has 0 spiro atoms. The van der Waals surface area contributed by atoms with E-state index in [1.165, 1.54) is 12.1 Å². The first-order valence-corrected chi connectivity index (χ1v) is 5.99. The lowest BCUT2D eigenvalue weighted by molar-refractivity contribution is 0.495. The molecule has 0 fully saturated rings. The van der Waals surface area contributed by atoms with Crippen molar-refractivity contribution < 1.29 is 8.81 Å². The van der Waals surface area contributed by atoms with Gasteiger partial charge >= 0.3 is 0 Å². The average molecular weight is 248 g/mol. The van der Waals surface area contributed by atoms with Gasteiger partial charge in [0.15, 0.2) is 0 Å². The van der Waals surface area contributed by atoms with Crippen LogP contribution in [0.2, 0.25) is 0 Å². The monoisotopic (exact) mass is 248 g/mol. The lowest BCUT2D eigenvalue weighted by Gasteiger charge is -2.16. The third-order valence-corrected chi connectivity index (χ3v) is 2.82. The lowest BCUT2D eigenvalue weighted by atomic mass is 10.1. The summed E-state index contributed by atoms with van der Waals surface area (Å²) in [6.45, 7) is 2.04. The molecule has 0 amide bonds. The van der Waals surface area contributed by atoms with Gasteiger partial charge in [-0.25, -0.2) is 4.39 Å². The Bertz CT molecular complexity index is 497. The zero-order chi connectivity index (χ0) is 13.0. The molecule has 2 rings (SSSR count). The van der Waals surface area contributed by atoms with Crippen molar-refractivity contribution in [1.82, 2.24) is 0 Å². The summed E-state index contributed by atoms with van der Waals surface area (Å²) in [6, 6.07) is 8.35. The first-order valence-electron chi connectivity index (χ1n) is 5.99. The van der Waals surface area contributed by atoms with E-state index in [4.69, 9.17) is 10.2 Å². The van der Waals surface area contributed by atoms with Crippen LogP contribution in [0.1, 0.15) is 19.1 Å². The van der Waals surface area contributed by atoms with Gasteiger partial charge in [0, 0.05) is 12.5 Å². The Labute approximate surface area is 106 Å². The van der Waals surface area contributed by atoms with E-state index in [2.05, 4.69) is 5.32 Å². The van der Waals surface area contributed by atoms with Crippen LogP contribution in [0, 0.1) is 5.82 Å². The minimum absolute atomic E-state index is 0.194. The summed E-state index contributed by atoms with van der Waals surface area (Å²) in [5, 5.41) is 3.21. The quantitative estimate of drug-likeness (QED) is 0.797. The van der Waals surface area contributed by atoms with E-state index in [0.29, 0.717) is 11.4 Å². The smallest absolute Gasteiger partial charge is 0.125 e. The molecular formula is C14H17FN2O. The van der Waals surface area contributed by atoms with Crippen LogP contribution in [0.25, 0.3) is 0 Å². The van der Waals surface area contributed by atoms with Gasteiger partial charge in [-0.1, -0.05) is 0 Å². The zero-order valence-electron chi connectivity index (χ0n) is 10.3. The topological polar surface area (TPSA) is 51.2 Å². The first kappa shape index (κ1) is 12.5. The summed E-state index contributed by atoms with van der Waals surface area (Å²) in [7, 11) is 0. The fourth-order valence-electron chi connectivity index (χ4n) is 1.80. The molecule has 0 aliphatic carbocycles. The number of anilines is 2. The van der Waals surface area contributed by atoms with Gasteiger partial charge in [0.05, 0.1) is 17.6 Å². The number of halogens is 1. The molecule has 0 bridgehead atoms. The molecule has 0 saturated heterocycles. The molecule has 1 unspecified atom stereocenters. The van der Waals surface area contributed by atoms with Crippen LogP contribution >= 0.6 is 0 Å². The van der Waals surface area contributed by atoms with E-state index in [0.717, 1.165) is 18.6 Å². The van der Waals surface area contributed by atoms with Crippen LogP contribution in [-0.4, -0.2) is 6.04 Å². The average Bonchev–Trinajstić information content (AvgIpc) is 2.84. The molecular weight excluding hydrogens is 231 g/mol. The van der Waals surface area contributed by atoms with E-state index >= 15 is 0 Å². The van der Waals surface area contributed by atoms with Crippen molar-refractivity contribution in [2.45, 2.75) is 25.8 Å². The van der Waals surface area contributed by atoms with Gasteiger partial charge in [0.1, 0.15) is 11.6 Å².